The largest absolute Gasteiger partial charge is 0.380 e. The van der Waals surface area contributed by atoms with Crippen molar-refractivity contribution in [2.24, 2.45) is 11.1 Å². The molecule has 0 aromatic carbocycles. The predicted octanol–water partition coefficient (Wildman–Crippen LogP) is 1.15. The van der Waals surface area contributed by atoms with Crippen LogP contribution in [0.2, 0.25) is 0 Å². The van der Waals surface area contributed by atoms with Crippen LogP contribution in [0.15, 0.2) is 0 Å². The first kappa shape index (κ1) is 8.38. The minimum atomic E-state index is -2.66. The van der Waals surface area contributed by atoms with E-state index in [1.807, 2.05) is 6.92 Å². The van der Waals surface area contributed by atoms with E-state index >= 15 is 0 Å². The standard InChI is InChI=1S/C8H13F2NO/c1-2-6(4-12-5-6)7(11)3-8(7,9)10/h2-5,11H2,1H3. The van der Waals surface area contributed by atoms with Gasteiger partial charge in [0.25, 0.3) is 5.92 Å². The Morgan fingerprint density at radius 3 is 2.00 bits per heavy atom. The number of hydrogen-bond donors (Lipinski definition) is 1. The van der Waals surface area contributed by atoms with Gasteiger partial charge in [-0.3, -0.25) is 0 Å². The normalized spacial score (nSPS) is 42.0. The topological polar surface area (TPSA) is 35.2 Å². The molecule has 0 aromatic rings. The molecule has 2 nitrogen and oxygen atoms in total. The van der Waals surface area contributed by atoms with Gasteiger partial charge >= 0.3 is 0 Å². The van der Waals surface area contributed by atoms with Crippen molar-refractivity contribution in [2.45, 2.75) is 31.2 Å². The van der Waals surface area contributed by atoms with Crippen molar-refractivity contribution in [1.29, 1.82) is 0 Å². The Hall–Kier alpha value is -0.220. The van der Waals surface area contributed by atoms with Gasteiger partial charge in [-0.1, -0.05) is 6.92 Å². The SMILES string of the molecule is CCC1(C2(N)CC2(F)F)COC1. The van der Waals surface area contributed by atoms with Gasteiger partial charge in [0, 0.05) is 11.8 Å². The number of ether oxygens (including phenoxy) is 1. The number of rotatable bonds is 2. The molecule has 1 aliphatic heterocycles. The van der Waals surface area contributed by atoms with E-state index in [0.29, 0.717) is 19.6 Å². The maximum atomic E-state index is 12.9. The molecule has 1 atom stereocenters. The van der Waals surface area contributed by atoms with E-state index in [9.17, 15) is 8.78 Å². The van der Waals surface area contributed by atoms with E-state index in [1.165, 1.54) is 0 Å². The van der Waals surface area contributed by atoms with Crippen LogP contribution in [0.25, 0.3) is 0 Å². The molecule has 4 heteroatoms. The molecule has 2 rings (SSSR count). The summed E-state index contributed by atoms with van der Waals surface area (Å²) in [5.41, 5.74) is 3.93. The van der Waals surface area contributed by atoms with Gasteiger partial charge in [0.15, 0.2) is 0 Å². The Bertz CT molecular complexity index is 210. The van der Waals surface area contributed by atoms with Crippen LogP contribution in [0.4, 0.5) is 8.78 Å². The molecule has 0 spiro atoms. The zero-order chi connectivity index (χ0) is 9.04. The monoisotopic (exact) mass is 177 g/mol. The summed E-state index contributed by atoms with van der Waals surface area (Å²) in [5.74, 6) is -2.66. The number of alkyl halides is 2. The molecular formula is C8H13F2NO. The number of nitrogens with two attached hydrogens (primary N) is 1. The Morgan fingerprint density at radius 2 is 1.92 bits per heavy atom. The second kappa shape index (κ2) is 1.99. The first-order chi connectivity index (χ1) is 5.47. The molecule has 70 valence electrons. The fraction of sp³-hybridized carbons (Fsp3) is 1.00. The maximum absolute atomic E-state index is 12.9. The second-order valence-electron chi connectivity index (χ2n) is 3.98. The third-order valence-electron chi connectivity index (χ3n) is 3.41. The summed E-state index contributed by atoms with van der Waals surface area (Å²) in [6, 6.07) is 0. The highest BCUT2D eigenvalue weighted by Gasteiger charge is 2.78. The highest BCUT2D eigenvalue weighted by atomic mass is 19.3. The molecule has 12 heavy (non-hydrogen) atoms. The minimum absolute atomic E-state index is 0.169. The Morgan fingerprint density at radius 1 is 1.42 bits per heavy atom. The number of hydrogen-bond acceptors (Lipinski definition) is 2. The molecule has 1 unspecified atom stereocenters. The van der Waals surface area contributed by atoms with Gasteiger partial charge in [0.2, 0.25) is 0 Å². The highest BCUT2D eigenvalue weighted by Crippen LogP contribution is 2.63. The van der Waals surface area contributed by atoms with Crippen molar-refractivity contribution in [3.05, 3.63) is 0 Å². The molecule has 2 aliphatic rings. The summed E-state index contributed by atoms with van der Waals surface area (Å²) in [4.78, 5) is 0. The Labute approximate surface area is 70.1 Å². The van der Waals surface area contributed by atoms with Crippen LogP contribution >= 0.6 is 0 Å². The van der Waals surface area contributed by atoms with Crippen molar-refractivity contribution in [3.8, 4) is 0 Å². The molecule has 0 bridgehead atoms. The van der Waals surface area contributed by atoms with Crippen LogP contribution < -0.4 is 5.73 Å². The highest BCUT2D eigenvalue weighted by molar-refractivity contribution is 5.26. The van der Waals surface area contributed by atoms with Gasteiger partial charge in [-0.2, -0.15) is 0 Å². The van der Waals surface area contributed by atoms with E-state index in [2.05, 4.69) is 0 Å². The first-order valence-corrected chi connectivity index (χ1v) is 4.22. The molecule has 1 saturated heterocycles. The summed E-state index contributed by atoms with van der Waals surface area (Å²) in [5, 5.41) is 0. The lowest BCUT2D eigenvalue weighted by molar-refractivity contribution is -0.152. The van der Waals surface area contributed by atoms with Crippen LogP contribution in [0, 0.1) is 5.41 Å². The van der Waals surface area contributed by atoms with E-state index < -0.39 is 16.9 Å². The van der Waals surface area contributed by atoms with E-state index in [0.717, 1.165) is 0 Å². The lowest BCUT2D eigenvalue weighted by Crippen LogP contribution is -2.59. The van der Waals surface area contributed by atoms with Crippen LogP contribution in [-0.2, 0) is 4.74 Å². The van der Waals surface area contributed by atoms with Gasteiger partial charge in [-0.25, -0.2) is 8.78 Å². The van der Waals surface area contributed by atoms with E-state index in [4.69, 9.17) is 10.5 Å². The Kier molecular flexibility index (Phi) is 1.39. The fourth-order valence-electron chi connectivity index (χ4n) is 2.01. The summed E-state index contributed by atoms with van der Waals surface area (Å²) in [6.45, 7) is 2.69. The smallest absolute Gasteiger partial charge is 0.268 e. The quantitative estimate of drug-likeness (QED) is 0.686. The van der Waals surface area contributed by atoms with Crippen LogP contribution in [0.1, 0.15) is 19.8 Å². The zero-order valence-corrected chi connectivity index (χ0v) is 7.07. The van der Waals surface area contributed by atoms with Gasteiger partial charge in [0.05, 0.1) is 18.8 Å². The lowest BCUT2D eigenvalue weighted by atomic mass is 9.74. The fourth-order valence-corrected chi connectivity index (χ4v) is 2.01. The number of halogens is 2. The van der Waals surface area contributed by atoms with Gasteiger partial charge in [-0.15, -0.1) is 0 Å². The van der Waals surface area contributed by atoms with Crippen molar-refractivity contribution >= 4 is 0 Å². The van der Waals surface area contributed by atoms with Crippen LogP contribution in [0.5, 0.6) is 0 Å². The van der Waals surface area contributed by atoms with Gasteiger partial charge in [0.1, 0.15) is 0 Å². The second-order valence-corrected chi connectivity index (χ2v) is 3.98. The first-order valence-electron chi connectivity index (χ1n) is 4.22. The van der Waals surface area contributed by atoms with E-state index in [-0.39, 0.29) is 6.42 Å². The molecule has 1 heterocycles. The zero-order valence-electron chi connectivity index (χ0n) is 7.07. The van der Waals surface area contributed by atoms with Gasteiger partial charge in [-0.05, 0) is 6.42 Å². The van der Waals surface area contributed by atoms with Crippen molar-refractivity contribution in [2.75, 3.05) is 13.2 Å². The maximum Gasteiger partial charge on any atom is 0.268 e. The molecule has 1 aliphatic carbocycles. The average Bonchev–Trinajstić information content (AvgIpc) is 2.31. The third-order valence-corrected chi connectivity index (χ3v) is 3.41. The predicted molar refractivity (Wildman–Crippen MR) is 40.0 cm³/mol. The molecule has 0 radical (unpaired) electrons. The molecule has 0 amide bonds. The van der Waals surface area contributed by atoms with Crippen LogP contribution in [0.3, 0.4) is 0 Å². The molecule has 0 aromatic heterocycles. The minimum Gasteiger partial charge on any atom is -0.380 e. The van der Waals surface area contributed by atoms with Crippen molar-refractivity contribution in [3.63, 3.8) is 0 Å². The summed E-state index contributed by atoms with van der Waals surface area (Å²) < 4.78 is 30.8. The lowest BCUT2D eigenvalue weighted by Gasteiger charge is -2.45. The molecule has 2 N–H and O–H groups in total. The van der Waals surface area contributed by atoms with Crippen LogP contribution in [-0.4, -0.2) is 24.7 Å². The molecule has 2 fully saturated rings. The summed E-state index contributed by atoms with van der Waals surface area (Å²) in [7, 11) is 0. The average molecular weight is 177 g/mol. The molecule has 1 saturated carbocycles. The van der Waals surface area contributed by atoms with Gasteiger partial charge < -0.3 is 10.5 Å². The Balaban J connectivity index is 2.19. The third kappa shape index (κ3) is 0.702. The van der Waals surface area contributed by atoms with Crippen molar-refractivity contribution in [1.82, 2.24) is 0 Å². The molecular weight excluding hydrogens is 164 g/mol. The van der Waals surface area contributed by atoms with Crippen molar-refractivity contribution < 1.29 is 13.5 Å². The van der Waals surface area contributed by atoms with E-state index in [1.54, 1.807) is 0 Å². The summed E-state index contributed by atoms with van der Waals surface area (Å²) >= 11 is 0. The summed E-state index contributed by atoms with van der Waals surface area (Å²) in [6.07, 6.45) is 0.510.